The predicted molar refractivity (Wildman–Crippen MR) is 122 cm³/mol. The Morgan fingerprint density at radius 3 is 2.33 bits per heavy atom. The van der Waals surface area contributed by atoms with Crippen LogP contribution in [0.25, 0.3) is 22.9 Å². The molecule has 36 heavy (non-hydrogen) atoms. The molecule has 0 unspecified atom stereocenters. The topological polar surface area (TPSA) is 75.4 Å². The third-order valence-electron chi connectivity index (χ3n) is 5.84. The lowest BCUT2D eigenvalue weighted by atomic mass is 10.0. The Morgan fingerprint density at radius 2 is 1.67 bits per heavy atom. The summed E-state index contributed by atoms with van der Waals surface area (Å²) in [5.41, 5.74) is -0.518. The molecule has 0 radical (unpaired) electrons. The van der Waals surface area contributed by atoms with Crippen molar-refractivity contribution < 1.29 is 26.8 Å². The number of halogens is 4. The first-order chi connectivity index (χ1) is 17.3. The first kappa shape index (κ1) is 23.5. The number of oxazole rings is 1. The van der Waals surface area contributed by atoms with Gasteiger partial charge in [0.25, 0.3) is 5.91 Å². The van der Waals surface area contributed by atoms with E-state index in [0.717, 1.165) is 5.56 Å². The molecule has 0 spiro atoms. The molecule has 11 heteroatoms. The van der Waals surface area contributed by atoms with Gasteiger partial charge in [-0.2, -0.15) is 13.2 Å². The monoisotopic (exact) mass is 497 g/mol. The number of carbonyl (C=O) groups excluding carboxylic acids is 1. The molecule has 1 amide bonds. The molecule has 1 fully saturated rings. The van der Waals surface area contributed by atoms with Gasteiger partial charge in [-0.3, -0.25) is 4.79 Å². The Labute approximate surface area is 203 Å². The minimum atomic E-state index is -4.76. The number of aromatic nitrogens is 3. The van der Waals surface area contributed by atoms with Crippen molar-refractivity contribution in [2.45, 2.75) is 6.18 Å². The minimum Gasteiger partial charge on any atom is -0.435 e. The van der Waals surface area contributed by atoms with Crippen LogP contribution in [0.3, 0.4) is 0 Å². The third kappa shape index (κ3) is 4.77. The molecule has 7 nitrogen and oxygen atoms in total. The molecule has 0 bridgehead atoms. The Hall–Kier alpha value is -4.28. The average molecular weight is 497 g/mol. The zero-order valence-corrected chi connectivity index (χ0v) is 18.7. The lowest BCUT2D eigenvalue weighted by Gasteiger charge is -2.35. The van der Waals surface area contributed by atoms with Gasteiger partial charge in [-0.15, -0.1) is 10.2 Å². The smallest absolute Gasteiger partial charge is 0.417 e. The van der Waals surface area contributed by atoms with E-state index in [1.165, 1.54) is 4.90 Å². The number of rotatable bonds is 4. The highest BCUT2D eigenvalue weighted by atomic mass is 19.4. The highest BCUT2D eigenvalue weighted by Gasteiger charge is 2.37. The van der Waals surface area contributed by atoms with E-state index in [1.54, 1.807) is 18.3 Å². The molecule has 0 aliphatic carbocycles. The summed E-state index contributed by atoms with van der Waals surface area (Å²) < 4.78 is 59.3. The lowest BCUT2D eigenvalue weighted by Crippen LogP contribution is -2.49. The van der Waals surface area contributed by atoms with Gasteiger partial charge < -0.3 is 14.2 Å². The summed E-state index contributed by atoms with van der Waals surface area (Å²) in [5.74, 6) is -0.297. The molecule has 0 saturated carbocycles. The maximum Gasteiger partial charge on any atom is 0.417 e. The Bertz CT molecular complexity index is 1370. The zero-order valence-electron chi connectivity index (χ0n) is 18.7. The van der Waals surface area contributed by atoms with E-state index in [0.29, 0.717) is 54.5 Å². The highest BCUT2D eigenvalue weighted by Crippen LogP contribution is 2.33. The molecule has 5 rings (SSSR count). The molecule has 1 saturated heterocycles. The Balaban J connectivity index is 1.25. The Kier molecular flexibility index (Phi) is 6.13. The number of amides is 1. The van der Waals surface area contributed by atoms with Crippen LogP contribution >= 0.6 is 0 Å². The van der Waals surface area contributed by atoms with Crippen molar-refractivity contribution in [3.8, 4) is 22.9 Å². The molecule has 0 atom stereocenters. The zero-order chi connectivity index (χ0) is 25.3. The van der Waals surface area contributed by atoms with E-state index in [9.17, 15) is 22.4 Å². The molecule has 1 aliphatic heterocycles. The van der Waals surface area contributed by atoms with Crippen molar-refractivity contribution in [1.82, 2.24) is 20.1 Å². The number of alkyl halides is 3. The van der Waals surface area contributed by atoms with Gasteiger partial charge in [0.15, 0.2) is 11.6 Å². The molecule has 184 valence electrons. The first-order valence-electron chi connectivity index (χ1n) is 11.1. The summed E-state index contributed by atoms with van der Waals surface area (Å²) in [6, 6.07) is 14.9. The standard InChI is InChI=1S/C25H19F4N5O2/c26-17-6-7-19(25(27,28)29)18(14-17)24(35)34-12-10-33(11-13-34)22-9-8-20(31-32-22)23-30-15-21(36-23)16-4-2-1-3-5-16/h1-9,14-15H,10-13H2. The lowest BCUT2D eigenvalue weighted by molar-refractivity contribution is -0.138. The maximum atomic E-state index is 13.6. The highest BCUT2D eigenvalue weighted by molar-refractivity contribution is 5.96. The van der Waals surface area contributed by atoms with Crippen LogP contribution < -0.4 is 4.90 Å². The van der Waals surface area contributed by atoms with Crippen LogP contribution in [0.1, 0.15) is 15.9 Å². The van der Waals surface area contributed by atoms with Crippen molar-refractivity contribution in [2.75, 3.05) is 31.1 Å². The van der Waals surface area contributed by atoms with Crippen molar-refractivity contribution in [1.29, 1.82) is 0 Å². The number of piperazine rings is 1. The van der Waals surface area contributed by atoms with Crippen molar-refractivity contribution in [3.63, 3.8) is 0 Å². The second-order valence-electron chi connectivity index (χ2n) is 8.14. The van der Waals surface area contributed by atoms with Crippen LogP contribution in [0.5, 0.6) is 0 Å². The summed E-state index contributed by atoms with van der Waals surface area (Å²) >= 11 is 0. The maximum absolute atomic E-state index is 13.6. The first-order valence-corrected chi connectivity index (χ1v) is 11.1. The fourth-order valence-corrected chi connectivity index (χ4v) is 3.99. The second-order valence-corrected chi connectivity index (χ2v) is 8.14. The fourth-order valence-electron chi connectivity index (χ4n) is 3.99. The molecule has 2 aromatic heterocycles. The van der Waals surface area contributed by atoms with Gasteiger partial charge in [-0.1, -0.05) is 30.3 Å². The number of hydrogen-bond donors (Lipinski definition) is 0. The van der Waals surface area contributed by atoms with Crippen molar-refractivity contribution in [2.24, 2.45) is 0 Å². The summed E-state index contributed by atoms with van der Waals surface area (Å²) in [4.78, 5) is 20.2. The van der Waals surface area contributed by atoms with E-state index in [4.69, 9.17) is 4.42 Å². The SMILES string of the molecule is O=C(c1cc(F)ccc1C(F)(F)F)N1CCN(c2ccc(-c3ncc(-c4ccccc4)o3)nn2)CC1. The van der Waals surface area contributed by atoms with Gasteiger partial charge in [0, 0.05) is 31.7 Å². The van der Waals surface area contributed by atoms with Gasteiger partial charge in [0.2, 0.25) is 5.89 Å². The van der Waals surface area contributed by atoms with Crippen LogP contribution in [0.15, 0.2) is 71.3 Å². The molecule has 0 N–H and O–H groups in total. The number of nitrogens with zero attached hydrogens (tertiary/aromatic N) is 5. The van der Waals surface area contributed by atoms with Gasteiger partial charge in [-0.05, 0) is 30.3 Å². The minimum absolute atomic E-state index is 0.149. The van der Waals surface area contributed by atoms with Gasteiger partial charge in [0.1, 0.15) is 11.5 Å². The quantitative estimate of drug-likeness (QED) is 0.373. The average Bonchev–Trinajstić information content (AvgIpc) is 3.39. The molecule has 3 heterocycles. The third-order valence-corrected chi connectivity index (χ3v) is 5.84. The predicted octanol–water partition coefficient (Wildman–Crippen LogP) is 4.92. The molecular weight excluding hydrogens is 478 g/mol. The van der Waals surface area contributed by atoms with E-state index < -0.39 is 29.0 Å². The van der Waals surface area contributed by atoms with Crippen LogP contribution in [0.2, 0.25) is 0 Å². The molecule has 2 aromatic carbocycles. The van der Waals surface area contributed by atoms with E-state index in [2.05, 4.69) is 15.2 Å². The van der Waals surface area contributed by atoms with Crippen LogP contribution in [-0.4, -0.2) is 52.2 Å². The summed E-state index contributed by atoms with van der Waals surface area (Å²) in [6.07, 6.45) is -3.15. The number of hydrogen-bond acceptors (Lipinski definition) is 6. The van der Waals surface area contributed by atoms with E-state index in [-0.39, 0.29) is 13.1 Å². The van der Waals surface area contributed by atoms with Crippen LogP contribution in [-0.2, 0) is 6.18 Å². The van der Waals surface area contributed by atoms with Gasteiger partial charge in [-0.25, -0.2) is 9.37 Å². The molecule has 4 aromatic rings. The normalized spacial score (nSPS) is 14.2. The summed E-state index contributed by atoms with van der Waals surface area (Å²) in [6.45, 7) is 0.952. The summed E-state index contributed by atoms with van der Waals surface area (Å²) in [7, 11) is 0. The largest absolute Gasteiger partial charge is 0.435 e. The fraction of sp³-hybridized carbons (Fsp3) is 0.200. The van der Waals surface area contributed by atoms with Crippen LogP contribution in [0.4, 0.5) is 23.4 Å². The Morgan fingerprint density at radius 1 is 0.917 bits per heavy atom. The number of benzene rings is 2. The molecular formula is C25H19F4N5O2. The second kappa shape index (κ2) is 9.40. The van der Waals surface area contributed by atoms with Gasteiger partial charge >= 0.3 is 6.18 Å². The summed E-state index contributed by atoms with van der Waals surface area (Å²) in [5, 5.41) is 8.41. The van der Waals surface area contributed by atoms with Crippen molar-refractivity contribution in [3.05, 3.63) is 83.8 Å². The molecule has 1 aliphatic rings. The van der Waals surface area contributed by atoms with E-state index >= 15 is 0 Å². The van der Waals surface area contributed by atoms with E-state index in [1.807, 2.05) is 35.2 Å². The number of carbonyl (C=O) groups is 1. The van der Waals surface area contributed by atoms with Crippen molar-refractivity contribution >= 4 is 11.7 Å². The van der Waals surface area contributed by atoms with Gasteiger partial charge in [0.05, 0.1) is 17.3 Å². The van der Waals surface area contributed by atoms with Crippen LogP contribution in [0, 0.1) is 5.82 Å². The number of anilines is 1.